The van der Waals surface area contributed by atoms with Gasteiger partial charge in [0, 0.05) is 30.5 Å². The second-order valence-corrected chi connectivity index (χ2v) is 5.66. The molecule has 0 radical (unpaired) electrons. The Labute approximate surface area is 151 Å². The molecule has 0 fully saturated rings. The molecule has 0 aliphatic carbocycles. The van der Waals surface area contributed by atoms with Crippen molar-refractivity contribution in [2.45, 2.75) is 20.0 Å². The number of carbonyl (C=O) groups excluding carboxylic acids is 1. The molecular weight excluding hydrogens is 341 g/mol. The number of halogens is 3. The van der Waals surface area contributed by atoms with Gasteiger partial charge in [-0.3, -0.25) is 4.79 Å². The fraction of sp³-hybridized carbons (Fsp3) is 0.250. The van der Waals surface area contributed by atoms with Crippen molar-refractivity contribution in [1.82, 2.24) is 0 Å². The number of carbonyl (C=O) groups is 1. The lowest BCUT2D eigenvalue weighted by molar-refractivity contribution is -0.137. The molecule has 0 spiro atoms. The summed E-state index contributed by atoms with van der Waals surface area (Å²) in [6, 6.07) is 12.2. The highest BCUT2D eigenvalue weighted by Crippen LogP contribution is 2.29. The van der Waals surface area contributed by atoms with Crippen LogP contribution in [0.25, 0.3) is 6.08 Å². The molecule has 0 heterocycles. The van der Waals surface area contributed by atoms with Gasteiger partial charge in [0.2, 0.25) is 5.91 Å². The van der Waals surface area contributed by atoms with E-state index in [9.17, 15) is 18.0 Å². The number of alkyl halides is 3. The van der Waals surface area contributed by atoms with Gasteiger partial charge in [-0.2, -0.15) is 13.2 Å². The lowest BCUT2D eigenvalue weighted by Crippen LogP contribution is -2.21. The summed E-state index contributed by atoms with van der Waals surface area (Å²) < 4.78 is 38.1. The third-order valence-corrected chi connectivity index (χ3v) is 3.90. The largest absolute Gasteiger partial charge is 0.416 e. The van der Waals surface area contributed by atoms with E-state index in [-0.39, 0.29) is 0 Å². The van der Waals surface area contributed by atoms with E-state index in [1.165, 1.54) is 24.3 Å². The summed E-state index contributed by atoms with van der Waals surface area (Å²) in [5.41, 5.74) is 1.26. The standard InChI is InChI=1S/C20H21F3N2O/c1-3-25(4-2)18-11-9-17(10-12-18)24-19(26)13-8-15-6-5-7-16(14-15)20(21,22)23/h5-14H,3-4H2,1-2H3,(H,24,26)/b13-8+. The fourth-order valence-electron chi connectivity index (χ4n) is 2.52. The van der Waals surface area contributed by atoms with Crippen LogP contribution in [0.3, 0.4) is 0 Å². The minimum absolute atomic E-state index is 0.312. The summed E-state index contributed by atoms with van der Waals surface area (Å²) in [6.07, 6.45) is -1.83. The van der Waals surface area contributed by atoms with E-state index >= 15 is 0 Å². The average molecular weight is 362 g/mol. The van der Waals surface area contributed by atoms with Crippen molar-refractivity contribution in [1.29, 1.82) is 0 Å². The third kappa shape index (κ3) is 5.37. The highest BCUT2D eigenvalue weighted by atomic mass is 19.4. The van der Waals surface area contributed by atoms with Crippen LogP contribution in [0, 0.1) is 0 Å². The van der Waals surface area contributed by atoms with E-state index in [0.717, 1.165) is 30.9 Å². The van der Waals surface area contributed by atoms with Crippen LogP contribution in [0.4, 0.5) is 24.5 Å². The van der Waals surface area contributed by atoms with Crippen LogP contribution in [0.5, 0.6) is 0 Å². The lowest BCUT2D eigenvalue weighted by Gasteiger charge is -2.21. The van der Waals surface area contributed by atoms with E-state index in [2.05, 4.69) is 24.1 Å². The van der Waals surface area contributed by atoms with Crippen molar-refractivity contribution in [3.63, 3.8) is 0 Å². The summed E-state index contributed by atoms with van der Waals surface area (Å²) in [5, 5.41) is 2.69. The van der Waals surface area contributed by atoms with Crippen LogP contribution in [0.1, 0.15) is 25.0 Å². The predicted molar refractivity (Wildman–Crippen MR) is 99.1 cm³/mol. The molecule has 0 aliphatic heterocycles. The van der Waals surface area contributed by atoms with Crippen LogP contribution in [-0.4, -0.2) is 19.0 Å². The Morgan fingerprint density at radius 3 is 2.31 bits per heavy atom. The highest BCUT2D eigenvalue weighted by molar-refractivity contribution is 6.02. The summed E-state index contributed by atoms with van der Waals surface area (Å²) in [5.74, 6) is -0.405. The third-order valence-electron chi connectivity index (χ3n) is 3.90. The number of hydrogen-bond acceptors (Lipinski definition) is 2. The quantitative estimate of drug-likeness (QED) is 0.716. The Morgan fingerprint density at radius 1 is 1.08 bits per heavy atom. The van der Waals surface area contributed by atoms with Crippen molar-refractivity contribution < 1.29 is 18.0 Å². The molecule has 6 heteroatoms. The first kappa shape index (κ1) is 19.6. The zero-order valence-electron chi connectivity index (χ0n) is 14.7. The number of hydrogen-bond donors (Lipinski definition) is 1. The Hall–Kier alpha value is -2.76. The van der Waals surface area contributed by atoms with Gasteiger partial charge in [-0.05, 0) is 61.9 Å². The smallest absolute Gasteiger partial charge is 0.372 e. The molecule has 26 heavy (non-hydrogen) atoms. The number of anilines is 2. The van der Waals surface area contributed by atoms with Crippen molar-refractivity contribution in [3.8, 4) is 0 Å². The first-order valence-electron chi connectivity index (χ1n) is 8.34. The highest BCUT2D eigenvalue weighted by Gasteiger charge is 2.30. The fourth-order valence-corrected chi connectivity index (χ4v) is 2.52. The van der Waals surface area contributed by atoms with Crippen LogP contribution < -0.4 is 10.2 Å². The molecule has 3 nitrogen and oxygen atoms in total. The SMILES string of the molecule is CCN(CC)c1ccc(NC(=O)/C=C/c2cccc(C(F)(F)F)c2)cc1. The van der Waals surface area contributed by atoms with E-state index < -0.39 is 17.6 Å². The molecule has 0 saturated carbocycles. The second-order valence-electron chi connectivity index (χ2n) is 5.66. The van der Waals surface area contributed by atoms with Gasteiger partial charge in [-0.25, -0.2) is 0 Å². The summed E-state index contributed by atoms with van der Waals surface area (Å²) >= 11 is 0. The van der Waals surface area contributed by atoms with E-state index in [1.807, 2.05) is 12.1 Å². The molecule has 0 atom stereocenters. The number of rotatable bonds is 6. The Balaban J connectivity index is 2.01. The lowest BCUT2D eigenvalue weighted by atomic mass is 10.1. The molecule has 138 valence electrons. The number of benzene rings is 2. The van der Waals surface area contributed by atoms with Crippen molar-refractivity contribution in [2.24, 2.45) is 0 Å². The first-order chi connectivity index (χ1) is 12.3. The molecule has 0 aliphatic rings. The van der Waals surface area contributed by atoms with Crippen LogP contribution in [-0.2, 0) is 11.0 Å². The second kappa shape index (κ2) is 8.56. The Bertz CT molecular complexity index is 763. The molecule has 0 aromatic heterocycles. The maximum absolute atomic E-state index is 12.7. The minimum Gasteiger partial charge on any atom is -0.372 e. The molecule has 2 rings (SSSR count). The Kier molecular flexibility index (Phi) is 6.44. The summed E-state index contributed by atoms with van der Waals surface area (Å²) in [4.78, 5) is 14.1. The van der Waals surface area contributed by atoms with Crippen LogP contribution in [0.2, 0.25) is 0 Å². The molecular formula is C20H21F3N2O. The van der Waals surface area contributed by atoms with Gasteiger partial charge < -0.3 is 10.2 Å². The molecule has 0 bridgehead atoms. The van der Waals surface area contributed by atoms with Gasteiger partial charge in [-0.1, -0.05) is 12.1 Å². The van der Waals surface area contributed by atoms with Gasteiger partial charge in [0.1, 0.15) is 0 Å². The van der Waals surface area contributed by atoms with Crippen LogP contribution in [0.15, 0.2) is 54.6 Å². The summed E-state index contributed by atoms with van der Waals surface area (Å²) in [7, 11) is 0. The number of nitrogens with zero attached hydrogens (tertiary/aromatic N) is 1. The molecule has 1 amide bonds. The monoisotopic (exact) mass is 362 g/mol. The molecule has 0 unspecified atom stereocenters. The van der Waals surface area contributed by atoms with Gasteiger partial charge >= 0.3 is 6.18 Å². The van der Waals surface area contributed by atoms with E-state index in [1.54, 1.807) is 12.1 Å². The molecule has 1 N–H and O–H groups in total. The van der Waals surface area contributed by atoms with Gasteiger partial charge in [0.05, 0.1) is 5.56 Å². The molecule has 2 aromatic carbocycles. The van der Waals surface area contributed by atoms with Crippen LogP contribution >= 0.6 is 0 Å². The van der Waals surface area contributed by atoms with E-state index in [4.69, 9.17) is 0 Å². The zero-order chi connectivity index (χ0) is 19.2. The van der Waals surface area contributed by atoms with Crippen molar-refractivity contribution >= 4 is 23.4 Å². The molecule has 0 saturated heterocycles. The average Bonchev–Trinajstić information content (AvgIpc) is 2.62. The normalized spacial score (nSPS) is 11.6. The zero-order valence-corrected chi connectivity index (χ0v) is 14.7. The van der Waals surface area contributed by atoms with Gasteiger partial charge in [0.25, 0.3) is 0 Å². The number of nitrogens with one attached hydrogen (secondary N) is 1. The minimum atomic E-state index is -4.40. The first-order valence-corrected chi connectivity index (χ1v) is 8.34. The Morgan fingerprint density at radius 2 is 1.73 bits per heavy atom. The van der Waals surface area contributed by atoms with Gasteiger partial charge in [-0.15, -0.1) is 0 Å². The maximum atomic E-state index is 12.7. The summed E-state index contributed by atoms with van der Waals surface area (Å²) in [6.45, 7) is 5.92. The van der Waals surface area contributed by atoms with E-state index in [0.29, 0.717) is 11.3 Å². The van der Waals surface area contributed by atoms with Gasteiger partial charge in [0.15, 0.2) is 0 Å². The topological polar surface area (TPSA) is 32.3 Å². The van der Waals surface area contributed by atoms with Crippen molar-refractivity contribution in [3.05, 3.63) is 65.7 Å². The predicted octanol–water partition coefficient (Wildman–Crippen LogP) is 5.20. The van der Waals surface area contributed by atoms with Crippen molar-refractivity contribution in [2.75, 3.05) is 23.3 Å². The number of amides is 1. The maximum Gasteiger partial charge on any atom is 0.416 e. The molecule has 2 aromatic rings.